The largest absolute Gasteiger partial charge is 0.368 e. The van der Waals surface area contributed by atoms with Gasteiger partial charge in [-0.25, -0.2) is 4.68 Å². The van der Waals surface area contributed by atoms with Crippen LogP contribution in [-0.4, -0.2) is 32.4 Å². The molecule has 0 unspecified atom stereocenters. The molecule has 0 aliphatic carbocycles. The monoisotopic (exact) mass is 354 g/mol. The maximum absolute atomic E-state index is 12.4. The highest BCUT2D eigenvalue weighted by atomic mass is 32.1. The Hall–Kier alpha value is -2.74. The van der Waals surface area contributed by atoms with Crippen molar-refractivity contribution in [2.24, 2.45) is 0 Å². The number of benzene rings is 1. The van der Waals surface area contributed by atoms with E-state index < -0.39 is 0 Å². The standard InChI is InChI=1S/C17H18N6OS/c1-10(2)11-3-5-12(6-4-11)16-21-22-17(25-16)20-15(24)13-9-19-23-8-7-18-14(13)23/h3-6,9-10,18H,7-8H2,1-2H3,(H,20,22,24). The summed E-state index contributed by atoms with van der Waals surface area (Å²) in [5, 5.41) is 19.7. The summed E-state index contributed by atoms with van der Waals surface area (Å²) in [6, 6.07) is 8.27. The molecule has 1 aliphatic heterocycles. The molecule has 0 saturated heterocycles. The smallest absolute Gasteiger partial charge is 0.262 e. The van der Waals surface area contributed by atoms with Crippen molar-refractivity contribution in [3.63, 3.8) is 0 Å². The zero-order valence-corrected chi connectivity index (χ0v) is 14.8. The summed E-state index contributed by atoms with van der Waals surface area (Å²) in [5.41, 5.74) is 2.80. The van der Waals surface area contributed by atoms with Crippen LogP contribution in [0.3, 0.4) is 0 Å². The van der Waals surface area contributed by atoms with E-state index >= 15 is 0 Å². The van der Waals surface area contributed by atoms with Crippen LogP contribution in [-0.2, 0) is 6.54 Å². The fourth-order valence-corrected chi connectivity index (χ4v) is 3.50. The average molecular weight is 354 g/mol. The van der Waals surface area contributed by atoms with E-state index in [1.807, 2.05) is 12.1 Å². The zero-order valence-electron chi connectivity index (χ0n) is 14.0. The summed E-state index contributed by atoms with van der Waals surface area (Å²) in [7, 11) is 0. The maximum Gasteiger partial charge on any atom is 0.262 e. The van der Waals surface area contributed by atoms with E-state index in [1.54, 1.807) is 10.9 Å². The summed E-state index contributed by atoms with van der Waals surface area (Å²) >= 11 is 1.36. The van der Waals surface area contributed by atoms with E-state index in [0.29, 0.717) is 16.6 Å². The lowest BCUT2D eigenvalue weighted by atomic mass is 10.0. The number of hydrogen-bond donors (Lipinski definition) is 2. The van der Waals surface area contributed by atoms with Gasteiger partial charge in [0.05, 0.1) is 12.7 Å². The lowest BCUT2D eigenvalue weighted by Crippen LogP contribution is -2.12. The third-order valence-electron chi connectivity index (χ3n) is 4.17. The molecule has 128 valence electrons. The summed E-state index contributed by atoms with van der Waals surface area (Å²) < 4.78 is 1.79. The van der Waals surface area contributed by atoms with Crippen LogP contribution >= 0.6 is 11.3 Å². The number of carbonyl (C=O) groups excluding carboxylic acids is 1. The molecular weight excluding hydrogens is 336 g/mol. The lowest BCUT2D eigenvalue weighted by molar-refractivity contribution is 0.102. The van der Waals surface area contributed by atoms with Gasteiger partial charge in [0, 0.05) is 12.1 Å². The number of anilines is 2. The van der Waals surface area contributed by atoms with Crippen LogP contribution in [0.4, 0.5) is 10.9 Å². The Morgan fingerprint density at radius 1 is 1.28 bits per heavy atom. The number of fused-ring (bicyclic) bond motifs is 1. The Morgan fingerprint density at radius 2 is 2.08 bits per heavy atom. The highest BCUT2D eigenvalue weighted by Crippen LogP contribution is 2.28. The second-order valence-electron chi connectivity index (χ2n) is 6.20. The highest BCUT2D eigenvalue weighted by Gasteiger charge is 2.21. The van der Waals surface area contributed by atoms with Crippen molar-refractivity contribution < 1.29 is 4.79 Å². The van der Waals surface area contributed by atoms with Gasteiger partial charge in [-0.3, -0.25) is 10.1 Å². The number of nitrogens with one attached hydrogen (secondary N) is 2. The Kier molecular flexibility index (Phi) is 3.96. The number of nitrogens with zero attached hydrogens (tertiary/aromatic N) is 4. The van der Waals surface area contributed by atoms with Crippen molar-refractivity contribution in [1.29, 1.82) is 0 Å². The molecule has 0 bridgehead atoms. The first-order chi connectivity index (χ1) is 12.1. The maximum atomic E-state index is 12.4. The molecule has 0 spiro atoms. The number of hydrogen-bond acceptors (Lipinski definition) is 6. The van der Waals surface area contributed by atoms with Crippen LogP contribution < -0.4 is 10.6 Å². The molecule has 25 heavy (non-hydrogen) atoms. The molecule has 8 heteroatoms. The van der Waals surface area contributed by atoms with Crippen molar-refractivity contribution >= 4 is 28.2 Å². The molecule has 1 amide bonds. The van der Waals surface area contributed by atoms with Crippen molar-refractivity contribution in [2.45, 2.75) is 26.3 Å². The molecule has 3 heterocycles. The van der Waals surface area contributed by atoms with Crippen molar-refractivity contribution in [3.05, 3.63) is 41.6 Å². The average Bonchev–Trinajstić information content (AvgIpc) is 3.31. The molecule has 2 N–H and O–H groups in total. The second-order valence-corrected chi connectivity index (χ2v) is 7.18. The molecule has 0 fully saturated rings. The first-order valence-electron chi connectivity index (χ1n) is 8.16. The Morgan fingerprint density at radius 3 is 2.84 bits per heavy atom. The van der Waals surface area contributed by atoms with Gasteiger partial charge in [0.2, 0.25) is 5.13 Å². The highest BCUT2D eigenvalue weighted by molar-refractivity contribution is 7.18. The van der Waals surface area contributed by atoms with Crippen LogP contribution in [0.5, 0.6) is 0 Å². The predicted molar refractivity (Wildman–Crippen MR) is 98.1 cm³/mol. The number of aromatic nitrogens is 4. The molecule has 3 aromatic rings. The summed E-state index contributed by atoms with van der Waals surface area (Å²) in [4.78, 5) is 12.4. The minimum absolute atomic E-state index is 0.228. The number of amides is 1. The molecule has 0 atom stereocenters. The molecule has 1 aliphatic rings. The molecule has 0 saturated carbocycles. The molecule has 0 radical (unpaired) electrons. The molecule has 1 aromatic carbocycles. The molecule has 7 nitrogen and oxygen atoms in total. The van der Waals surface area contributed by atoms with E-state index in [4.69, 9.17) is 0 Å². The van der Waals surface area contributed by atoms with Gasteiger partial charge < -0.3 is 5.32 Å². The Bertz CT molecular complexity index is 912. The summed E-state index contributed by atoms with van der Waals surface area (Å²) in [5.74, 6) is 1.02. The third kappa shape index (κ3) is 3.00. The predicted octanol–water partition coefficient (Wildman–Crippen LogP) is 3.20. The minimum atomic E-state index is -0.228. The first-order valence-corrected chi connectivity index (χ1v) is 8.98. The summed E-state index contributed by atoms with van der Waals surface area (Å²) in [6.45, 7) is 5.89. The van der Waals surface area contributed by atoms with Crippen molar-refractivity contribution in [1.82, 2.24) is 20.0 Å². The van der Waals surface area contributed by atoms with E-state index in [-0.39, 0.29) is 5.91 Å². The lowest BCUT2D eigenvalue weighted by Gasteiger charge is -2.04. The van der Waals surface area contributed by atoms with Gasteiger partial charge in [-0.2, -0.15) is 5.10 Å². The van der Waals surface area contributed by atoms with Gasteiger partial charge in [-0.15, -0.1) is 10.2 Å². The molecule has 2 aromatic heterocycles. The molecular formula is C17H18N6OS. The quantitative estimate of drug-likeness (QED) is 0.751. The molecule has 4 rings (SSSR count). The van der Waals surface area contributed by atoms with E-state index in [9.17, 15) is 4.79 Å². The first kappa shape index (κ1) is 15.8. The third-order valence-corrected chi connectivity index (χ3v) is 5.06. The van der Waals surface area contributed by atoms with Gasteiger partial charge in [-0.1, -0.05) is 49.4 Å². The van der Waals surface area contributed by atoms with E-state index in [2.05, 4.69) is 51.9 Å². The fourth-order valence-electron chi connectivity index (χ4n) is 2.75. The van der Waals surface area contributed by atoms with Crippen LogP contribution in [0.25, 0.3) is 10.6 Å². The van der Waals surface area contributed by atoms with Gasteiger partial charge in [0.1, 0.15) is 16.4 Å². The van der Waals surface area contributed by atoms with Crippen LogP contribution in [0, 0.1) is 0 Å². The van der Waals surface area contributed by atoms with E-state index in [1.165, 1.54) is 16.9 Å². The van der Waals surface area contributed by atoms with Crippen LogP contribution in [0.1, 0.15) is 35.7 Å². The number of rotatable bonds is 4. The zero-order chi connectivity index (χ0) is 17.4. The summed E-state index contributed by atoms with van der Waals surface area (Å²) in [6.07, 6.45) is 1.57. The van der Waals surface area contributed by atoms with Crippen molar-refractivity contribution in [3.8, 4) is 10.6 Å². The second kappa shape index (κ2) is 6.29. The Labute approximate surface area is 149 Å². The fraction of sp³-hybridized carbons (Fsp3) is 0.294. The SMILES string of the molecule is CC(C)c1ccc(-c2nnc(NC(=O)c3cnn4c3NCC4)s2)cc1. The normalized spacial score (nSPS) is 12.9. The van der Waals surface area contributed by atoms with Gasteiger partial charge in [0.15, 0.2) is 0 Å². The van der Waals surface area contributed by atoms with Crippen LogP contribution in [0.2, 0.25) is 0 Å². The van der Waals surface area contributed by atoms with Gasteiger partial charge in [0.25, 0.3) is 5.91 Å². The van der Waals surface area contributed by atoms with Gasteiger partial charge in [-0.05, 0) is 11.5 Å². The van der Waals surface area contributed by atoms with Gasteiger partial charge >= 0.3 is 0 Å². The Balaban J connectivity index is 1.50. The van der Waals surface area contributed by atoms with E-state index in [0.717, 1.165) is 29.5 Å². The minimum Gasteiger partial charge on any atom is -0.368 e. The van der Waals surface area contributed by atoms with Crippen LogP contribution in [0.15, 0.2) is 30.5 Å². The van der Waals surface area contributed by atoms with Crippen molar-refractivity contribution in [2.75, 3.05) is 17.2 Å². The topological polar surface area (TPSA) is 84.7 Å². The number of carbonyl (C=O) groups is 1.